The highest BCUT2D eigenvalue weighted by atomic mass is 15.1. The summed E-state index contributed by atoms with van der Waals surface area (Å²) in [7, 11) is 2.07. The molecule has 0 saturated heterocycles. The second kappa shape index (κ2) is 8.89. The van der Waals surface area contributed by atoms with Gasteiger partial charge < -0.3 is 16.4 Å². The first-order valence-corrected chi connectivity index (χ1v) is 8.32. The van der Waals surface area contributed by atoms with Crippen LogP contribution in [0.15, 0.2) is 48.5 Å². The second-order valence-corrected chi connectivity index (χ2v) is 4.86. The van der Waals surface area contributed by atoms with E-state index in [1.54, 1.807) is 0 Å². The van der Waals surface area contributed by atoms with Crippen molar-refractivity contribution in [3.05, 3.63) is 65.2 Å². The summed E-state index contributed by atoms with van der Waals surface area (Å²) in [6.07, 6.45) is 0. The van der Waals surface area contributed by atoms with Crippen molar-refractivity contribution in [3.8, 4) is 0 Å². The first-order valence-electron chi connectivity index (χ1n) is 8.32. The predicted molar refractivity (Wildman–Crippen MR) is 103 cm³/mol. The van der Waals surface area contributed by atoms with Crippen LogP contribution in [0.3, 0.4) is 0 Å². The van der Waals surface area contributed by atoms with Crippen molar-refractivity contribution in [2.75, 3.05) is 11.9 Å². The topological polar surface area (TPSA) is 55.3 Å². The number of hydrogen-bond acceptors (Lipinski definition) is 3. The molecular weight excluding hydrogens is 282 g/mol. The Bertz CT molecular complexity index is 659. The molecule has 23 heavy (non-hydrogen) atoms. The molecule has 0 amide bonds. The van der Waals surface area contributed by atoms with Crippen molar-refractivity contribution in [3.63, 3.8) is 0 Å². The van der Waals surface area contributed by atoms with Crippen LogP contribution in [-0.2, 0) is 6.54 Å². The molecule has 124 valence electrons. The van der Waals surface area contributed by atoms with Gasteiger partial charge in [-0.05, 0) is 11.6 Å². The number of hydrogen-bond donors (Lipinski definition) is 2. The van der Waals surface area contributed by atoms with E-state index in [-0.39, 0.29) is 0 Å². The zero-order chi connectivity index (χ0) is 17.4. The lowest BCUT2D eigenvalue weighted by molar-refractivity contribution is 0.914. The van der Waals surface area contributed by atoms with Crippen molar-refractivity contribution in [2.45, 2.75) is 34.2 Å². The van der Waals surface area contributed by atoms with Crippen LogP contribution in [0.25, 0.3) is 11.4 Å². The van der Waals surface area contributed by atoms with Gasteiger partial charge in [0.15, 0.2) is 0 Å². The van der Waals surface area contributed by atoms with E-state index in [1.807, 2.05) is 64.1 Å². The molecule has 0 unspecified atom stereocenters. The van der Waals surface area contributed by atoms with Gasteiger partial charge in [-0.1, -0.05) is 70.2 Å². The number of nitrogens with zero attached hydrogens (tertiary/aromatic N) is 1. The fourth-order valence-corrected chi connectivity index (χ4v) is 2.59. The lowest BCUT2D eigenvalue weighted by Gasteiger charge is -2.27. The Kier molecular flexibility index (Phi) is 7.20. The van der Waals surface area contributed by atoms with Crippen molar-refractivity contribution in [2.24, 2.45) is 11.5 Å². The maximum atomic E-state index is 6.26. The van der Waals surface area contributed by atoms with E-state index in [1.165, 1.54) is 5.56 Å². The van der Waals surface area contributed by atoms with Crippen LogP contribution in [0, 0.1) is 0 Å². The van der Waals surface area contributed by atoms with Gasteiger partial charge in [-0.25, -0.2) is 0 Å². The minimum Gasteiger partial charge on any atom is -0.397 e. The van der Waals surface area contributed by atoms with Gasteiger partial charge in [0.1, 0.15) is 0 Å². The third-order valence-corrected chi connectivity index (χ3v) is 3.61. The van der Waals surface area contributed by atoms with Gasteiger partial charge in [0.05, 0.1) is 11.4 Å². The zero-order valence-corrected chi connectivity index (χ0v) is 14.9. The van der Waals surface area contributed by atoms with Crippen LogP contribution in [0.4, 0.5) is 5.69 Å². The smallest absolute Gasteiger partial charge is 0.0648 e. The fourth-order valence-electron chi connectivity index (χ4n) is 2.59. The van der Waals surface area contributed by atoms with Gasteiger partial charge in [0.25, 0.3) is 0 Å². The third kappa shape index (κ3) is 3.86. The lowest BCUT2D eigenvalue weighted by Crippen LogP contribution is -2.23. The van der Waals surface area contributed by atoms with Gasteiger partial charge in [-0.2, -0.15) is 0 Å². The Morgan fingerprint density at radius 1 is 0.739 bits per heavy atom. The van der Waals surface area contributed by atoms with Gasteiger partial charge >= 0.3 is 0 Å². The van der Waals surface area contributed by atoms with Crippen LogP contribution in [0.1, 0.15) is 44.4 Å². The Morgan fingerprint density at radius 2 is 1.22 bits per heavy atom. The Morgan fingerprint density at radius 3 is 1.87 bits per heavy atom. The average molecular weight is 311 g/mol. The van der Waals surface area contributed by atoms with Crippen molar-refractivity contribution in [1.82, 2.24) is 0 Å². The number of rotatable bonds is 0. The van der Waals surface area contributed by atoms with E-state index in [2.05, 4.69) is 24.1 Å². The number of anilines is 1. The van der Waals surface area contributed by atoms with Gasteiger partial charge in [0.2, 0.25) is 0 Å². The molecule has 0 fully saturated rings. The van der Waals surface area contributed by atoms with Crippen molar-refractivity contribution >= 4 is 17.1 Å². The number of benzene rings is 2. The molecule has 2 aromatic rings. The maximum Gasteiger partial charge on any atom is 0.0648 e. The Balaban J connectivity index is 0.000000615. The lowest BCUT2D eigenvalue weighted by atomic mass is 9.97. The maximum absolute atomic E-state index is 6.26. The largest absolute Gasteiger partial charge is 0.397 e. The normalized spacial score (nSPS) is 15.6. The van der Waals surface area contributed by atoms with Crippen molar-refractivity contribution < 1.29 is 0 Å². The van der Waals surface area contributed by atoms with Crippen LogP contribution >= 0.6 is 0 Å². The Hall–Kier alpha value is -2.42. The number of fused-ring (bicyclic) bond motifs is 2. The Labute approximate surface area is 140 Å². The highest BCUT2D eigenvalue weighted by Gasteiger charge is 2.18. The summed E-state index contributed by atoms with van der Waals surface area (Å²) < 4.78 is 0. The summed E-state index contributed by atoms with van der Waals surface area (Å²) in [5.74, 6) is 0. The van der Waals surface area contributed by atoms with Crippen molar-refractivity contribution in [1.29, 1.82) is 0 Å². The molecule has 1 aliphatic heterocycles. The molecule has 0 radical (unpaired) electrons. The van der Waals surface area contributed by atoms with Crippen LogP contribution in [0.2, 0.25) is 0 Å². The first kappa shape index (κ1) is 18.6. The number of para-hydroxylation sites is 1. The molecule has 2 aromatic carbocycles. The predicted octanol–water partition coefficient (Wildman–Crippen LogP) is 4.43. The molecule has 3 heteroatoms. The quantitative estimate of drug-likeness (QED) is 0.756. The molecule has 0 spiro atoms. The van der Waals surface area contributed by atoms with E-state index in [9.17, 15) is 0 Å². The van der Waals surface area contributed by atoms with E-state index in [0.29, 0.717) is 11.4 Å². The summed E-state index contributed by atoms with van der Waals surface area (Å²) in [5, 5.41) is 0. The molecular formula is C20H29N3. The zero-order valence-electron chi connectivity index (χ0n) is 14.9. The SMILES string of the molecule is CC.CC.CN1Cc2ccccc2/C(N)=C(/N)c2ccccc21. The molecule has 0 bridgehead atoms. The molecule has 1 aliphatic rings. The van der Waals surface area contributed by atoms with Gasteiger partial charge in [-0.3, -0.25) is 0 Å². The monoisotopic (exact) mass is 311 g/mol. The molecule has 0 saturated carbocycles. The molecule has 4 N–H and O–H groups in total. The summed E-state index contributed by atoms with van der Waals surface area (Å²) in [6.45, 7) is 8.82. The second-order valence-electron chi connectivity index (χ2n) is 4.86. The minimum absolute atomic E-state index is 0.648. The van der Waals surface area contributed by atoms with Gasteiger partial charge in [-0.15, -0.1) is 0 Å². The highest BCUT2D eigenvalue weighted by Crippen LogP contribution is 2.32. The highest BCUT2D eigenvalue weighted by molar-refractivity contribution is 5.93. The van der Waals surface area contributed by atoms with E-state index in [0.717, 1.165) is 23.4 Å². The first-order chi connectivity index (χ1) is 11.2. The molecule has 0 aromatic heterocycles. The van der Waals surface area contributed by atoms with E-state index in [4.69, 9.17) is 11.5 Å². The fraction of sp³-hybridized carbons (Fsp3) is 0.300. The third-order valence-electron chi connectivity index (χ3n) is 3.61. The summed E-state index contributed by atoms with van der Waals surface area (Å²) in [4.78, 5) is 2.20. The van der Waals surface area contributed by atoms with Crippen LogP contribution in [0.5, 0.6) is 0 Å². The molecule has 1 heterocycles. The summed E-state index contributed by atoms with van der Waals surface area (Å²) in [6, 6.07) is 16.2. The number of nitrogens with two attached hydrogens (primary N) is 2. The minimum atomic E-state index is 0.648. The average Bonchev–Trinajstić information content (AvgIpc) is 2.63. The van der Waals surface area contributed by atoms with E-state index < -0.39 is 0 Å². The molecule has 3 rings (SSSR count). The van der Waals surface area contributed by atoms with Gasteiger partial charge in [0, 0.05) is 30.4 Å². The molecule has 0 aliphatic carbocycles. The van der Waals surface area contributed by atoms with E-state index >= 15 is 0 Å². The summed E-state index contributed by atoms with van der Waals surface area (Å²) in [5.41, 5.74) is 18.2. The standard InChI is InChI=1S/C16H17N3.2C2H6/c1-19-10-11-6-2-3-7-12(11)15(17)16(18)13-8-4-5-9-14(13)19;2*1-2/h2-9H,10,17-18H2,1H3;2*1-2H3/b16-15-;;. The van der Waals surface area contributed by atoms with Crippen LogP contribution in [-0.4, -0.2) is 7.05 Å². The van der Waals surface area contributed by atoms with Crippen LogP contribution < -0.4 is 16.4 Å². The molecule has 0 atom stereocenters. The molecule has 3 nitrogen and oxygen atoms in total. The summed E-state index contributed by atoms with van der Waals surface area (Å²) >= 11 is 0.